The van der Waals surface area contributed by atoms with E-state index in [9.17, 15) is 5.26 Å². The van der Waals surface area contributed by atoms with Gasteiger partial charge in [0.1, 0.15) is 5.52 Å². The fourth-order valence-corrected chi connectivity index (χ4v) is 3.47. The summed E-state index contributed by atoms with van der Waals surface area (Å²) in [6, 6.07) is 19.2. The van der Waals surface area contributed by atoms with Gasteiger partial charge in [-0.05, 0) is 41.5 Å². The van der Waals surface area contributed by atoms with Gasteiger partial charge in [-0.1, -0.05) is 24.3 Å². The SMILES string of the molecule is COc1cc(Cc2nc3cccc(-c4cccc(C#N)c4)c3o2)cc(OC)c1OC. The van der Waals surface area contributed by atoms with Crippen LogP contribution in [0.15, 0.2) is 59.0 Å². The Morgan fingerprint density at radius 2 is 1.67 bits per heavy atom. The van der Waals surface area contributed by atoms with Gasteiger partial charge in [0.05, 0.1) is 33.0 Å². The lowest BCUT2D eigenvalue weighted by Crippen LogP contribution is -1.97. The number of rotatable bonds is 6. The van der Waals surface area contributed by atoms with Crippen molar-refractivity contribution in [1.29, 1.82) is 5.26 Å². The molecule has 4 rings (SSSR count). The van der Waals surface area contributed by atoms with Gasteiger partial charge < -0.3 is 18.6 Å². The van der Waals surface area contributed by atoms with E-state index in [4.69, 9.17) is 18.6 Å². The number of methoxy groups -OCH3 is 3. The van der Waals surface area contributed by atoms with Crippen molar-refractivity contribution in [2.45, 2.75) is 6.42 Å². The van der Waals surface area contributed by atoms with Crippen LogP contribution >= 0.6 is 0 Å². The van der Waals surface area contributed by atoms with E-state index in [0.717, 1.165) is 22.2 Å². The molecule has 0 aliphatic carbocycles. The van der Waals surface area contributed by atoms with Crippen molar-refractivity contribution in [3.63, 3.8) is 0 Å². The highest BCUT2D eigenvalue weighted by Gasteiger charge is 2.16. The molecular formula is C24H20N2O4. The van der Waals surface area contributed by atoms with Gasteiger partial charge >= 0.3 is 0 Å². The topological polar surface area (TPSA) is 77.5 Å². The molecule has 6 heteroatoms. The van der Waals surface area contributed by atoms with Gasteiger partial charge in [-0.15, -0.1) is 0 Å². The molecule has 3 aromatic carbocycles. The number of ether oxygens (including phenoxy) is 3. The number of fused-ring (bicyclic) bond motifs is 1. The molecule has 150 valence electrons. The van der Waals surface area contributed by atoms with E-state index in [1.807, 2.05) is 48.5 Å². The number of nitriles is 1. The first-order valence-electron chi connectivity index (χ1n) is 9.34. The van der Waals surface area contributed by atoms with Crippen LogP contribution in [0.1, 0.15) is 17.0 Å². The van der Waals surface area contributed by atoms with Crippen LogP contribution < -0.4 is 14.2 Å². The molecule has 0 aliphatic heterocycles. The Balaban J connectivity index is 1.74. The molecule has 0 bridgehead atoms. The molecule has 0 aliphatic rings. The minimum absolute atomic E-state index is 0.461. The first-order chi connectivity index (χ1) is 14.7. The molecule has 4 aromatic rings. The molecular weight excluding hydrogens is 380 g/mol. The van der Waals surface area contributed by atoms with E-state index in [1.54, 1.807) is 27.4 Å². The first kappa shape index (κ1) is 19.3. The number of oxazole rings is 1. The van der Waals surface area contributed by atoms with Crippen LogP contribution in [0, 0.1) is 11.3 Å². The van der Waals surface area contributed by atoms with Crippen molar-refractivity contribution < 1.29 is 18.6 Å². The maximum atomic E-state index is 9.20. The van der Waals surface area contributed by atoms with Crippen LogP contribution in [0.5, 0.6) is 17.2 Å². The number of hydrogen-bond donors (Lipinski definition) is 0. The zero-order chi connectivity index (χ0) is 21.1. The Morgan fingerprint density at radius 1 is 0.933 bits per heavy atom. The zero-order valence-corrected chi connectivity index (χ0v) is 16.9. The van der Waals surface area contributed by atoms with Gasteiger partial charge in [-0.3, -0.25) is 0 Å². The van der Waals surface area contributed by atoms with Crippen molar-refractivity contribution >= 4 is 11.1 Å². The van der Waals surface area contributed by atoms with Crippen LogP contribution in [-0.2, 0) is 6.42 Å². The molecule has 0 atom stereocenters. The normalized spacial score (nSPS) is 10.6. The Hall–Kier alpha value is -3.98. The molecule has 0 saturated heterocycles. The fourth-order valence-electron chi connectivity index (χ4n) is 3.47. The molecule has 0 N–H and O–H groups in total. The molecule has 1 aromatic heterocycles. The van der Waals surface area contributed by atoms with E-state index < -0.39 is 0 Å². The Morgan fingerprint density at radius 3 is 2.33 bits per heavy atom. The molecule has 0 saturated carbocycles. The highest BCUT2D eigenvalue weighted by molar-refractivity contribution is 5.90. The predicted molar refractivity (Wildman–Crippen MR) is 113 cm³/mol. The summed E-state index contributed by atoms with van der Waals surface area (Å²) < 4.78 is 22.4. The van der Waals surface area contributed by atoms with E-state index in [2.05, 4.69) is 11.1 Å². The standard InChI is InChI=1S/C24H20N2O4/c1-27-20-11-16(12-21(28-2)24(20)29-3)13-22-26-19-9-5-8-18(23(19)30-22)17-7-4-6-15(10-17)14-25/h4-12H,13H2,1-3H3. The molecule has 0 radical (unpaired) electrons. The van der Waals surface area contributed by atoms with Crippen LogP contribution in [-0.4, -0.2) is 26.3 Å². The van der Waals surface area contributed by atoms with Crippen LogP contribution in [0.4, 0.5) is 0 Å². The van der Waals surface area contributed by atoms with E-state index in [0.29, 0.717) is 40.7 Å². The minimum Gasteiger partial charge on any atom is -0.493 e. The number of hydrogen-bond acceptors (Lipinski definition) is 6. The van der Waals surface area contributed by atoms with E-state index in [1.165, 1.54) is 0 Å². The van der Waals surface area contributed by atoms with Gasteiger partial charge in [-0.25, -0.2) is 4.98 Å². The summed E-state index contributed by atoms with van der Waals surface area (Å²) in [4.78, 5) is 4.65. The second kappa shape index (κ2) is 8.18. The quantitative estimate of drug-likeness (QED) is 0.454. The van der Waals surface area contributed by atoms with Crippen molar-refractivity contribution in [3.8, 4) is 34.4 Å². The third kappa shape index (κ3) is 3.53. The number of para-hydroxylation sites is 1. The zero-order valence-electron chi connectivity index (χ0n) is 16.9. The van der Waals surface area contributed by atoms with Crippen LogP contribution in [0.3, 0.4) is 0 Å². The largest absolute Gasteiger partial charge is 0.493 e. The summed E-state index contributed by atoms with van der Waals surface area (Å²) >= 11 is 0. The summed E-state index contributed by atoms with van der Waals surface area (Å²) in [5, 5.41) is 9.20. The second-order valence-electron chi connectivity index (χ2n) is 6.66. The van der Waals surface area contributed by atoms with Gasteiger partial charge in [0.15, 0.2) is 23.0 Å². The van der Waals surface area contributed by atoms with Crippen molar-refractivity contribution in [3.05, 3.63) is 71.6 Å². The van der Waals surface area contributed by atoms with Gasteiger partial charge in [0, 0.05) is 12.0 Å². The summed E-state index contributed by atoms with van der Waals surface area (Å²) in [6.07, 6.45) is 0.461. The summed E-state index contributed by atoms with van der Waals surface area (Å²) in [7, 11) is 4.74. The lowest BCUT2D eigenvalue weighted by molar-refractivity contribution is 0.324. The monoisotopic (exact) mass is 400 g/mol. The molecule has 1 heterocycles. The molecule has 0 unspecified atom stereocenters. The molecule has 0 spiro atoms. The molecule has 0 fully saturated rings. The lowest BCUT2D eigenvalue weighted by atomic mass is 10.0. The second-order valence-corrected chi connectivity index (χ2v) is 6.66. The van der Waals surface area contributed by atoms with Crippen molar-refractivity contribution in [2.24, 2.45) is 0 Å². The lowest BCUT2D eigenvalue weighted by Gasteiger charge is -2.13. The Kier molecular flexibility index (Phi) is 5.27. The highest BCUT2D eigenvalue weighted by Crippen LogP contribution is 2.39. The average molecular weight is 400 g/mol. The highest BCUT2D eigenvalue weighted by atomic mass is 16.5. The smallest absolute Gasteiger partial charge is 0.203 e. The summed E-state index contributed by atoms with van der Waals surface area (Å²) in [5.74, 6) is 2.28. The fraction of sp³-hybridized carbons (Fsp3) is 0.167. The average Bonchev–Trinajstić information content (AvgIpc) is 3.20. The van der Waals surface area contributed by atoms with Gasteiger partial charge in [0.2, 0.25) is 5.75 Å². The number of benzene rings is 3. The number of aromatic nitrogens is 1. The predicted octanol–water partition coefficient (Wildman–Crippen LogP) is 4.98. The maximum absolute atomic E-state index is 9.20. The van der Waals surface area contributed by atoms with Gasteiger partial charge in [-0.2, -0.15) is 5.26 Å². The van der Waals surface area contributed by atoms with Crippen molar-refractivity contribution in [1.82, 2.24) is 4.98 Å². The third-order valence-corrected chi connectivity index (χ3v) is 4.84. The summed E-state index contributed by atoms with van der Waals surface area (Å²) in [6.45, 7) is 0. The minimum atomic E-state index is 0.461. The molecule has 30 heavy (non-hydrogen) atoms. The van der Waals surface area contributed by atoms with Crippen LogP contribution in [0.2, 0.25) is 0 Å². The Labute approximate surface area is 174 Å². The van der Waals surface area contributed by atoms with E-state index >= 15 is 0 Å². The van der Waals surface area contributed by atoms with E-state index in [-0.39, 0.29) is 0 Å². The maximum Gasteiger partial charge on any atom is 0.203 e. The van der Waals surface area contributed by atoms with Gasteiger partial charge in [0.25, 0.3) is 0 Å². The Bertz CT molecular complexity index is 1230. The summed E-state index contributed by atoms with van der Waals surface area (Å²) in [5.41, 5.74) is 4.78. The number of nitrogens with zero attached hydrogens (tertiary/aromatic N) is 2. The molecule has 0 amide bonds. The first-order valence-corrected chi connectivity index (χ1v) is 9.34. The third-order valence-electron chi connectivity index (χ3n) is 4.84. The molecule has 6 nitrogen and oxygen atoms in total. The van der Waals surface area contributed by atoms with Crippen LogP contribution in [0.25, 0.3) is 22.2 Å². The van der Waals surface area contributed by atoms with Crippen molar-refractivity contribution in [2.75, 3.05) is 21.3 Å².